The normalized spacial score (nSPS) is 12.1. The van der Waals surface area contributed by atoms with Crippen LogP contribution in [0.5, 0.6) is 0 Å². The van der Waals surface area contributed by atoms with Crippen molar-refractivity contribution in [3.63, 3.8) is 0 Å². The summed E-state index contributed by atoms with van der Waals surface area (Å²) in [5.74, 6) is -0.288. The second-order valence-electron chi connectivity index (χ2n) is 4.24. The third kappa shape index (κ3) is 3.31. The van der Waals surface area contributed by atoms with Crippen molar-refractivity contribution in [3.05, 3.63) is 47.8 Å². The van der Waals surface area contributed by atoms with Crippen molar-refractivity contribution in [1.29, 1.82) is 0 Å². The number of carbonyl (C=O) groups is 1. The van der Waals surface area contributed by atoms with E-state index in [4.69, 9.17) is 10.2 Å². The van der Waals surface area contributed by atoms with E-state index in [9.17, 15) is 9.18 Å². The first kappa shape index (κ1) is 13.1. The minimum Gasteiger partial charge on any atom is -0.469 e. The molecule has 3 N–H and O–H groups in total. The summed E-state index contributed by atoms with van der Waals surface area (Å²) in [5.41, 5.74) is 5.58. The number of carbonyl (C=O) groups excluding carboxylic acids is 1. The van der Waals surface area contributed by atoms with Crippen LogP contribution in [0.1, 0.15) is 23.0 Å². The second kappa shape index (κ2) is 5.51. The van der Waals surface area contributed by atoms with Crippen LogP contribution in [0, 0.1) is 5.82 Å². The lowest BCUT2D eigenvalue weighted by Gasteiger charge is -2.13. The van der Waals surface area contributed by atoms with Gasteiger partial charge in [0, 0.05) is 12.5 Å². The van der Waals surface area contributed by atoms with Crippen LogP contribution in [-0.4, -0.2) is 16.9 Å². The summed E-state index contributed by atoms with van der Waals surface area (Å²) in [5, 5.41) is 2.72. The number of nitrogens with zero attached hydrogens (tertiary/aromatic N) is 1. The summed E-state index contributed by atoms with van der Waals surface area (Å²) in [6.07, 6.45) is 3.08. The van der Waals surface area contributed by atoms with Crippen LogP contribution in [-0.2, 0) is 6.42 Å². The van der Waals surface area contributed by atoms with Crippen LogP contribution in [0.25, 0.3) is 0 Å². The number of rotatable bonds is 4. The molecular formula is C13H14FN3O2. The zero-order valence-corrected chi connectivity index (χ0v) is 10.4. The number of anilines is 1. The van der Waals surface area contributed by atoms with E-state index in [0.29, 0.717) is 6.42 Å². The molecule has 1 unspecified atom stereocenters. The molecule has 0 saturated heterocycles. The Bertz CT molecular complexity index is 569. The van der Waals surface area contributed by atoms with Crippen LogP contribution in [0.2, 0.25) is 0 Å². The molecule has 2 aromatic rings. The number of hydrogen-bond acceptors (Lipinski definition) is 4. The maximum atomic E-state index is 13.0. The molecule has 0 aliphatic rings. The Labute approximate surface area is 109 Å². The zero-order valence-electron chi connectivity index (χ0n) is 10.4. The van der Waals surface area contributed by atoms with Gasteiger partial charge in [-0.25, -0.2) is 9.37 Å². The Morgan fingerprint density at radius 3 is 3.11 bits per heavy atom. The predicted molar refractivity (Wildman–Crippen MR) is 67.9 cm³/mol. The van der Waals surface area contributed by atoms with Gasteiger partial charge in [-0.05, 0) is 25.1 Å². The molecule has 0 fully saturated rings. The van der Waals surface area contributed by atoms with Gasteiger partial charge in [0.2, 0.25) is 0 Å². The highest BCUT2D eigenvalue weighted by molar-refractivity contribution is 5.98. The SMILES string of the molecule is CC(Cc1ccco1)NC(=O)c1cc(F)cnc1N. The van der Waals surface area contributed by atoms with Gasteiger partial charge >= 0.3 is 0 Å². The van der Waals surface area contributed by atoms with Gasteiger partial charge in [0.25, 0.3) is 5.91 Å². The van der Waals surface area contributed by atoms with Gasteiger partial charge in [0.05, 0.1) is 18.0 Å². The molecule has 2 aromatic heterocycles. The van der Waals surface area contributed by atoms with Crippen molar-refractivity contribution in [1.82, 2.24) is 10.3 Å². The van der Waals surface area contributed by atoms with Crippen molar-refractivity contribution in [2.45, 2.75) is 19.4 Å². The molecule has 19 heavy (non-hydrogen) atoms. The molecule has 0 aliphatic heterocycles. The lowest BCUT2D eigenvalue weighted by atomic mass is 10.1. The average molecular weight is 263 g/mol. The number of halogens is 1. The molecule has 0 radical (unpaired) electrons. The summed E-state index contributed by atoms with van der Waals surface area (Å²) in [7, 11) is 0. The Hall–Kier alpha value is -2.37. The van der Waals surface area contributed by atoms with Gasteiger partial charge in [0.15, 0.2) is 0 Å². The number of pyridine rings is 1. The van der Waals surface area contributed by atoms with Gasteiger partial charge < -0.3 is 15.5 Å². The average Bonchev–Trinajstić information content (AvgIpc) is 2.84. The Morgan fingerprint density at radius 1 is 1.63 bits per heavy atom. The maximum absolute atomic E-state index is 13.0. The van der Waals surface area contributed by atoms with Crippen LogP contribution < -0.4 is 11.1 Å². The second-order valence-corrected chi connectivity index (χ2v) is 4.24. The highest BCUT2D eigenvalue weighted by Crippen LogP contribution is 2.11. The topological polar surface area (TPSA) is 81.2 Å². The van der Waals surface area contributed by atoms with Crippen molar-refractivity contribution < 1.29 is 13.6 Å². The van der Waals surface area contributed by atoms with E-state index in [1.54, 1.807) is 12.3 Å². The molecule has 100 valence electrons. The van der Waals surface area contributed by atoms with Crippen molar-refractivity contribution in [3.8, 4) is 0 Å². The molecule has 0 spiro atoms. The zero-order chi connectivity index (χ0) is 13.8. The number of nitrogen functional groups attached to an aromatic ring is 1. The Balaban J connectivity index is 2.02. The van der Waals surface area contributed by atoms with E-state index in [-0.39, 0.29) is 17.4 Å². The molecule has 2 heterocycles. The first-order chi connectivity index (χ1) is 9.06. The molecule has 0 aromatic carbocycles. The standard InChI is InChI=1S/C13H14FN3O2/c1-8(5-10-3-2-4-19-10)17-13(18)11-6-9(14)7-16-12(11)15/h2-4,6-8H,5H2,1H3,(H2,15,16)(H,17,18). The molecule has 0 aliphatic carbocycles. The third-order valence-electron chi connectivity index (χ3n) is 2.59. The molecule has 1 amide bonds. The number of hydrogen-bond donors (Lipinski definition) is 2. The minimum atomic E-state index is -0.599. The smallest absolute Gasteiger partial charge is 0.255 e. The number of aromatic nitrogens is 1. The van der Waals surface area contributed by atoms with Crippen LogP contribution >= 0.6 is 0 Å². The van der Waals surface area contributed by atoms with E-state index < -0.39 is 11.7 Å². The highest BCUT2D eigenvalue weighted by atomic mass is 19.1. The fourth-order valence-electron chi connectivity index (χ4n) is 1.71. The van der Waals surface area contributed by atoms with Gasteiger partial charge in [-0.2, -0.15) is 0 Å². The van der Waals surface area contributed by atoms with Crippen molar-refractivity contribution >= 4 is 11.7 Å². The quantitative estimate of drug-likeness (QED) is 0.880. The summed E-state index contributed by atoms with van der Waals surface area (Å²) in [6.45, 7) is 1.82. The fourth-order valence-corrected chi connectivity index (χ4v) is 1.71. The van der Waals surface area contributed by atoms with Crippen molar-refractivity contribution in [2.75, 3.05) is 5.73 Å². The largest absolute Gasteiger partial charge is 0.469 e. The Kier molecular flexibility index (Phi) is 3.79. The summed E-state index contributed by atoms with van der Waals surface area (Å²) < 4.78 is 18.2. The highest BCUT2D eigenvalue weighted by Gasteiger charge is 2.15. The summed E-state index contributed by atoms with van der Waals surface area (Å²) in [6, 6.07) is 4.50. The van der Waals surface area contributed by atoms with Crippen molar-refractivity contribution in [2.24, 2.45) is 0 Å². The number of furan rings is 1. The molecule has 2 rings (SSSR count). The Morgan fingerprint density at radius 2 is 2.42 bits per heavy atom. The van der Waals surface area contributed by atoms with E-state index >= 15 is 0 Å². The minimum absolute atomic E-state index is 0.00380. The first-order valence-corrected chi connectivity index (χ1v) is 5.80. The molecule has 5 nitrogen and oxygen atoms in total. The van der Waals surface area contributed by atoms with Gasteiger partial charge in [-0.3, -0.25) is 4.79 Å². The molecule has 0 saturated carbocycles. The van der Waals surface area contributed by atoms with E-state index in [1.807, 2.05) is 13.0 Å². The number of nitrogens with one attached hydrogen (secondary N) is 1. The number of nitrogens with two attached hydrogens (primary N) is 1. The van der Waals surface area contributed by atoms with E-state index in [0.717, 1.165) is 18.0 Å². The van der Waals surface area contributed by atoms with E-state index in [2.05, 4.69) is 10.3 Å². The molecule has 1 atom stereocenters. The van der Waals surface area contributed by atoms with Gasteiger partial charge in [-0.15, -0.1) is 0 Å². The fraction of sp³-hybridized carbons (Fsp3) is 0.231. The monoisotopic (exact) mass is 263 g/mol. The lowest BCUT2D eigenvalue weighted by molar-refractivity contribution is 0.0939. The first-order valence-electron chi connectivity index (χ1n) is 5.80. The number of amides is 1. The van der Waals surface area contributed by atoms with E-state index in [1.165, 1.54) is 0 Å². The summed E-state index contributed by atoms with van der Waals surface area (Å²) in [4.78, 5) is 15.5. The third-order valence-corrected chi connectivity index (χ3v) is 2.59. The van der Waals surface area contributed by atoms with Crippen LogP contribution in [0.4, 0.5) is 10.2 Å². The molecular weight excluding hydrogens is 249 g/mol. The summed E-state index contributed by atoms with van der Waals surface area (Å²) >= 11 is 0. The predicted octanol–water partition coefficient (Wildman–Crippen LogP) is 1.76. The van der Waals surface area contributed by atoms with Crippen LogP contribution in [0.3, 0.4) is 0 Å². The lowest BCUT2D eigenvalue weighted by Crippen LogP contribution is -2.34. The van der Waals surface area contributed by atoms with Gasteiger partial charge in [0.1, 0.15) is 17.4 Å². The molecule has 6 heteroatoms. The van der Waals surface area contributed by atoms with Crippen LogP contribution in [0.15, 0.2) is 35.1 Å². The van der Waals surface area contributed by atoms with Gasteiger partial charge in [-0.1, -0.05) is 0 Å². The molecule has 0 bridgehead atoms. The maximum Gasteiger partial charge on any atom is 0.255 e.